The number of hydrogen-bond donors (Lipinski definition) is 1. The van der Waals surface area contributed by atoms with Gasteiger partial charge in [0.1, 0.15) is 5.82 Å². The molecule has 1 aliphatic heterocycles. The highest BCUT2D eigenvalue weighted by Crippen LogP contribution is 2.23. The smallest absolute Gasteiger partial charge is 0.252 e. The molecule has 7 heteroatoms. The van der Waals surface area contributed by atoms with Crippen molar-refractivity contribution in [1.29, 1.82) is 0 Å². The number of halogens is 1. The van der Waals surface area contributed by atoms with Gasteiger partial charge in [0.25, 0.3) is 5.91 Å². The molecular formula is C22H23FN4O2. The fourth-order valence-electron chi connectivity index (χ4n) is 3.62. The second kappa shape index (κ2) is 8.53. The molecule has 0 unspecified atom stereocenters. The third kappa shape index (κ3) is 4.68. The minimum atomic E-state index is -0.217. The summed E-state index contributed by atoms with van der Waals surface area (Å²) in [5.41, 5.74) is 2.27. The van der Waals surface area contributed by atoms with E-state index in [9.17, 15) is 9.18 Å². The van der Waals surface area contributed by atoms with Crippen molar-refractivity contribution in [2.45, 2.75) is 32.4 Å². The average molecular weight is 394 g/mol. The van der Waals surface area contributed by atoms with Gasteiger partial charge in [-0.05, 0) is 42.7 Å². The molecule has 150 valence electrons. The summed E-state index contributed by atoms with van der Waals surface area (Å²) in [4.78, 5) is 15.2. The Morgan fingerprint density at radius 3 is 2.55 bits per heavy atom. The first-order valence-corrected chi connectivity index (χ1v) is 9.75. The first-order chi connectivity index (χ1) is 14.1. The number of nitrogens with one attached hydrogen (secondary N) is 1. The van der Waals surface area contributed by atoms with Crippen LogP contribution in [0.2, 0.25) is 0 Å². The number of hydrogen-bond acceptors (Lipinski definition) is 5. The lowest BCUT2D eigenvalue weighted by atomic mass is 10.0. The summed E-state index contributed by atoms with van der Waals surface area (Å²) in [5.74, 6) is 0.464. The van der Waals surface area contributed by atoms with Crippen LogP contribution in [-0.4, -0.2) is 40.1 Å². The van der Waals surface area contributed by atoms with Gasteiger partial charge in [0.2, 0.25) is 11.8 Å². The minimum Gasteiger partial charge on any atom is -0.421 e. The molecule has 1 aromatic heterocycles. The number of nitrogens with zero attached hydrogens (tertiary/aromatic N) is 3. The molecule has 0 aliphatic carbocycles. The maximum atomic E-state index is 13.0. The molecular weight excluding hydrogens is 371 g/mol. The van der Waals surface area contributed by atoms with Gasteiger partial charge in [0.15, 0.2) is 0 Å². The third-order valence-electron chi connectivity index (χ3n) is 5.17. The predicted molar refractivity (Wildman–Crippen MR) is 107 cm³/mol. The molecule has 2 aromatic carbocycles. The monoisotopic (exact) mass is 394 g/mol. The number of carbonyl (C=O) groups is 1. The zero-order valence-corrected chi connectivity index (χ0v) is 16.3. The van der Waals surface area contributed by atoms with Gasteiger partial charge in [-0.2, -0.15) is 0 Å². The Kier molecular flexibility index (Phi) is 5.67. The topological polar surface area (TPSA) is 71.3 Å². The fourth-order valence-corrected chi connectivity index (χ4v) is 3.62. The van der Waals surface area contributed by atoms with Crippen LogP contribution in [0, 0.1) is 12.7 Å². The van der Waals surface area contributed by atoms with E-state index in [-0.39, 0.29) is 17.8 Å². The van der Waals surface area contributed by atoms with Gasteiger partial charge in [-0.3, -0.25) is 9.69 Å². The molecule has 0 spiro atoms. The van der Waals surface area contributed by atoms with Crippen molar-refractivity contribution in [1.82, 2.24) is 20.4 Å². The zero-order chi connectivity index (χ0) is 20.2. The second-order valence-electron chi connectivity index (χ2n) is 7.32. The molecule has 1 amide bonds. The van der Waals surface area contributed by atoms with E-state index in [0.29, 0.717) is 22.9 Å². The summed E-state index contributed by atoms with van der Waals surface area (Å²) in [6, 6.07) is 14.0. The number of piperidine rings is 1. The summed E-state index contributed by atoms with van der Waals surface area (Å²) in [6.07, 6.45) is 1.74. The number of likely N-dealkylation sites (tertiary alicyclic amines) is 1. The van der Waals surface area contributed by atoms with E-state index in [1.807, 2.05) is 30.3 Å². The van der Waals surface area contributed by atoms with Crippen LogP contribution in [0.5, 0.6) is 0 Å². The largest absolute Gasteiger partial charge is 0.421 e. The molecule has 0 saturated carbocycles. The van der Waals surface area contributed by atoms with Gasteiger partial charge in [-0.1, -0.05) is 24.3 Å². The van der Waals surface area contributed by atoms with Crippen LogP contribution in [0.15, 0.2) is 52.9 Å². The number of amides is 1. The first kappa shape index (κ1) is 19.3. The summed E-state index contributed by atoms with van der Waals surface area (Å²) in [7, 11) is 0. The molecule has 0 atom stereocenters. The van der Waals surface area contributed by atoms with Crippen molar-refractivity contribution >= 4 is 5.91 Å². The molecule has 1 fully saturated rings. The number of benzene rings is 2. The second-order valence-corrected chi connectivity index (χ2v) is 7.32. The Labute approximate surface area is 168 Å². The van der Waals surface area contributed by atoms with Crippen molar-refractivity contribution in [2.75, 3.05) is 13.1 Å². The van der Waals surface area contributed by atoms with E-state index in [4.69, 9.17) is 4.42 Å². The Morgan fingerprint density at radius 2 is 1.86 bits per heavy atom. The lowest BCUT2D eigenvalue weighted by molar-refractivity contribution is 0.0909. The molecule has 29 heavy (non-hydrogen) atoms. The van der Waals surface area contributed by atoms with E-state index < -0.39 is 0 Å². The summed E-state index contributed by atoms with van der Waals surface area (Å²) in [6.45, 7) is 4.28. The van der Waals surface area contributed by atoms with E-state index in [1.165, 1.54) is 12.1 Å². The van der Waals surface area contributed by atoms with Crippen LogP contribution in [0.25, 0.3) is 11.5 Å². The number of aromatic nitrogens is 2. The molecule has 4 rings (SSSR count). The number of rotatable bonds is 5. The van der Waals surface area contributed by atoms with Gasteiger partial charge in [-0.25, -0.2) is 4.39 Å². The molecule has 1 saturated heterocycles. The number of aryl methyl sites for hydroxylation is 1. The highest BCUT2D eigenvalue weighted by atomic mass is 19.1. The van der Waals surface area contributed by atoms with Crippen molar-refractivity contribution in [3.63, 3.8) is 0 Å². The standard InChI is InChI=1S/C22H23FN4O2/c1-15-25-26-22(29-15)20-5-3-2-4-19(20)21(28)24-18-10-12-27(13-11-18)14-16-6-8-17(23)9-7-16/h2-9,18H,10-14H2,1H3,(H,24,28). The van der Waals surface area contributed by atoms with E-state index in [1.54, 1.807) is 13.0 Å². The average Bonchev–Trinajstić information content (AvgIpc) is 3.17. The predicted octanol–water partition coefficient (Wildman–Crippen LogP) is 3.58. The third-order valence-corrected chi connectivity index (χ3v) is 5.17. The SMILES string of the molecule is Cc1nnc(-c2ccccc2C(=O)NC2CCN(Cc3ccc(F)cc3)CC2)o1. The molecule has 1 N–H and O–H groups in total. The van der Waals surface area contributed by atoms with Crippen LogP contribution >= 0.6 is 0 Å². The Morgan fingerprint density at radius 1 is 1.14 bits per heavy atom. The Hall–Kier alpha value is -3.06. The quantitative estimate of drug-likeness (QED) is 0.716. The van der Waals surface area contributed by atoms with Crippen molar-refractivity contribution in [2.24, 2.45) is 0 Å². The maximum absolute atomic E-state index is 13.0. The van der Waals surface area contributed by atoms with Crippen LogP contribution in [0.1, 0.15) is 34.7 Å². The van der Waals surface area contributed by atoms with Crippen molar-refractivity contribution in [3.05, 3.63) is 71.4 Å². The molecule has 0 bridgehead atoms. The Balaban J connectivity index is 1.35. The lowest BCUT2D eigenvalue weighted by Gasteiger charge is -2.32. The zero-order valence-electron chi connectivity index (χ0n) is 16.3. The fraction of sp³-hybridized carbons (Fsp3) is 0.318. The van der Waals surface area contributed by atoms with E-state index in [0.717, 1.165) is 38.0 Å². The molecule has 3 aromatic rings. The van der Waals surface area contributed by atoms with Crippen LogP contribution in [0.3, 0.4) is 0 Å². The van der Waals surface area contributed by atoms with Gasteiger partial charge < -0.3 is 9.73 Å². The maximum Gasteiger partial charge on any atom is 0.252 e. The van der Waals surface area contributed by atoms with Crippen molar-refractivity contribution in [3.8, 4) is 11.5 Å². The van der Waals surface area contributed by atoms with Crippen LogP contribution in [0.4, 0.5) is 4.39 Å². The summed E-state index contributed by atoms with van der Waals surface area (Å²) >= 11 is 0. The highest BCUT2D eigenvalue weighted by molar-refractivity contribution is 6.00. The van der Waals surface area contributed by atoms with Crippen LogP contribution in [-0.2, 0) is 6.54 Å². The summed E-state index contributed by atoms with van der Waals surface area (Å²) < 4.78 is 18.5. The molecule has 0 radical (unpaired) electrons. The van der Waals surface area contributed by atoms with E-state index in [2.05, 4.69) is 20.4 Å². The van der Waals surface area contributed by atoms with Gasteiger partial charge in [0.05, 0.1) is 11.1 Å². The minimum absolute atomic E-state index is 0.115. The van der Waals surface area contributed by atoms with Gasteiger partial charge in [-0.15, -0.1) is 10.2 Å². The summed E-state index contributed by atoms with van der Waals surface area (Å²) in [5, 5.41) is 11.0. The molecule has 6 nitrogen and oxygen atoms in total. The van der Waals surface area contributed by atoms with Crippen molar-refractivity contribution < 1.29 is 13.6 Å². The highest BCUT2D eigenvalue weighted by Gasteiger charge is 2.23. The lowest BCUT2D eigenvalue weighted by Crippen LogP contribution is -2.44. The molecule has 2 heterocycles. The molecule has 1 aliphatic rings. The van der Waals surface area contributed by atoms with Gasteiger partial charge in [0, 0.05) is 32.6 Å². The number of carbonyl (C=O) groups excluding carboxylic acids is 1. The normalized spacial score (nSPS) is 15.4. The first-order valence-electron chi connectivity index (χ1n) is 9.75. The van der Waals surface area contributed by atoms with Gasteiger partial charge >= 0.3 is 0 Å². The Bertz CT molecular complexity index is 978. The van der Waals surface area contributed by atoms with E-state index >= 15 is 0 Å². The van der Waals surface area contributed by atoms with Crippen LogP contribution < -0.4 is 5.32 Å².